The molecule has 0 aromatic rings. The van der Waals surface area contributed by atoms with Crippen molar-refractivity contribution in [1.82, 2.24) is 0 Å². The van der Waals surface area contributed by atoms with Crippen LogP contribution in [-0.4, -0.2) is 62.0 Å². The quantitative estimate of drug-likeness (QED) is 0.374. The molecule has 0 saturated heterocycles. The van der Waals surface area contributed by atoms with Crippen LogP contribution in [0, 0.1) is 0 Å². The SMILES string of the molecule is COC1C(O)C(O)C(O)CC1(I)CO. The number of aliphatic hydroxyl groups excluding tert-OH is 4. The van der Waals surface area contributed by atoms with Crippen LogP contribution in [0.25, 0.3) is 0 Å². The normalized spacial score (nSPS) is 49.3. The highest BCUT2D eigenvalue weighted by Crippen LogP contribution is 2.38. The number of rotatable bonds is 2. The van der Waals surface area contributed by atoms with E-state index in [1.807, 2.05) is 22.6 Å². The third-order valence-electron chi connectivity index (χ3n) is 2.63. The van der Waals surface area contributed by atoms with E-state index in [-0.39, 0.29) is 13.0 Å². The Morgan fingerprint density at radius 2 is 1.93 bits per heavy atom. The van der Waals surface area contributed by atoms with Crippen LogP contribution < -0.4 is 0 Å². The third-order valence-corrected chi connectivity index (χ3v) is 4.02. The van der Waals surface area contributed by atoms with E-state index in [0.29, 0.717) is 0 Å². The van der Waals surface area contributed by atoms with Crippen molar-refractivity contribution in [3.8, 4) is 0 Å². The lowest BCUT2D eigenvalue weighted by molar-refractivity contribution is -0.159. The Morgan fingerprint density at radius 1 is 1.36 bits per heavy atom. The first-order valence-electron chi connectivity index (χ1n) is 4.33. The molecule has 14 heavy (non-hydrogen) atoms. The fraction of sp³-hybridized carbons (Fsp3) is 1.00. The Bertz CT molecular complexity index is 202. The van der Waals surface area contributed by atoms with Gasteiger partial charge in [0, 0.05) is 7.11 Å². The number of ether oxygens (including phenoxy) is 1. The number of aliphatic hydroxyl groups is 4. The minimum atomic E-state index is -1.21. The van der Waals surface area contributed by atoms with Crippen LogP contribution in [0.5, 0.6) is 0 Å². The van der Waals surface area contributed by atoms with Gasteiger partial charge in [0.1, 0.15) is 18.3 Å². The fourth-order valence-corrected chi connectivity index (χ4v) is 2.88. The monoisotopic (exact) mass is 318 g/mol. The fourth-order valence-electron chi connectivity index (χ4n) is 1.80. The summed E-state index contributed by atoms with van der Waals surface area (Å²) in [7, 11) is 1.40. The smallest absolute Gasteiger partial charge is 0.110 e. The molecular weight excluding hydrogens is 303 g/mol. The molecule has 0 spiro atoms. The summed E-state index contributed by atoms with van der Waals surface area (Å²) in [5.41, 5.74) is 0. The van der Waals surface area contributed by atoms with Crippen molar-refractivity contribution in [1.29, 1.82) is 0 Å². The van der Waals surface area contributed by atoms with Crippen molar-refractivity contribution >= 4 is 22.6 Å². The zero-order valence-electron chi connectivity index (χ0n) is 7.80. The second kappa shape index (κ2) is 4.58. The van der Waals surface area contributed by atoms with E-state index in [1.165, 1.54) is 7.11 Å². The molecule has 5 unspecified atom stereocenters. The van der Waals surface area contributed by atoms with Crippen LogP contribution in [0.15, 0.2) is 0 Å². The van der Waals surface area contributed by atoms with Gasteiger partial charge in [-0.1, -0.05) is 22.6 Å². The second-order valence-corrected chi connectivity index (χ2v) is 5.75. The highest BCUT2D eigenvalue weighted by atomic mass is 127. The van der Waals surface area contributed by atoms with Gasteiger partial charge >= 0.3 is 0 Å². The van der Waals surface area contributed by atoms with Gasteiger partial charge in [0.05, 0.1) is 16.1 Å². The van der Waals surface area contributed by atoms with E-state index in [9.17, 15) is 20.4 Å². The van der Waals surface area contributed by atoms with Gasteiger partial charge < -0.3 is 25.2 Å². The molecule has 0 amide bonds. The molecule has 6 heteroatoms. The third kappa shape index (κ3) is 2.05. The largest absolute Gasteiger partial charge is 0.395 e. The van der Waals surface area contributed by atoms with Gasteiger partial charge in [0.2, 0.25) is 0 Å². The average molecular weight is 318 g/mol. The van der Waals surface area contributed by atoms with Crippen molar-refractivity contribution in [2.45, 2.75) is 34.3 Å². The molecule has 1 fully saturated rings. The number of hydrogen-bond acceptors (Lipinski definition) is 5. The molecule has 1 saturated carbocycles. The number of hydrogen-bond donors (Lipinski definition) is 4. The lowest BCUT2D eigenvalue weighted by Crippen LogP contribution is -2.62. The summed E-state index contributed by atoms with van der Waals surface area (Å²) >= 11 is 1.95. The molecule has 4 N–H and O–H groups in total. The summed E-state index contributed by atoms with van der Waals surface area (Å²) in [6.07, 6.45) is -3.89. The first-order valence-corrected chi connectivity index (χ1v) is 5.41. The second-order valence-electron chi connectivity index (χ2n) is 3.60. The topological polar surface area (TPSA) is 90.2 Å². The summed E-state index contributed by atoms with van der Waals surface area (Å²) in [5.74, 6) is 0. The summed E-state index contributed by atoms with van der Waals surface area (Å²) in [6, 6.07) is 0. The number of alkyl halides is 1. The molecule has 1 rings (SSSR count). The van der Waals surface area contributed by atoms with Crippen molar-refractivity contribution in [3.05, 3.63) is 0 Å². The van der Waals surface area contributed by atoms with Crippen molar-refractivity contribution in [3.63, 3.8) is 0 Å². The van der Waals surface area contributed by atoms with Gasteiger partial charge in [0.15, 0.2) is 0 Å². The predicted molar refractivity (Wildman–Crippen MR) is 57.3 cm³/mol. The van der Waals surface area contributed by atoms with E-state index < -0.39 is 27.8 Å². The molecule has 0 heterocycles. The minimum Gasteiger partial charge on any atom is -0.395 e. The number of methoxy groups -OCH3 is 1. The van der Waals surface area contributed by atoms with Gasteiger partial charge in [-0.15, -0.1) is 0 Å². The maximum Gasteiger partial charge on any atom is 0.110 e. The standard InChI is InChI=1S/C8H15IO5/c1-14-7-6(13)5(12)4(11)2-8(7,9)3-10/h4-7,10-13H,2-3H2,1H3. The lowest BCUT2D eigenvalue weighted by atomic mass is 9.81. The molecular formula is C8H15IO5. The van der Waals surface area contributed by atoms with Gasteiger partial charge in [-0.25, -0.2) is 0 Å². The van der Waals surface area contributed by atoms with Gasteiger partial charge in [-0.05, 0) is 6.42 Å². The Kier molecular flexibility index (Phi) is 4.12. The maximum atomic E-state index is 9.62. The van der Waals surface area contributed by atoms with Crippen LogP contribution in [0.3, 0.4) is 0 Å². The maximum absolute atomic E-state index is 9.62. The van der Waals surface area contributed by atoms with Crippen molar-refractivity contribution in [2.24, 2.45) is 0 Å². The van der Waals surface area contributed by atoms with E-state index >= 15 is 0 Å². The van der Waals surface area contributed by atoms with Gasteiger partial charge in [-0.3, -0.25) is 0 Å². The highest BCUT2D eigenvalue weighted by molar-refractivity contribution is 14.1. The van der Waals surface area contributed by atoms with Crippen LogP contribution in [0.4, 0.5) is 0 Å². The van der Waals surface area contributed by atoms with Crippen LogP contribution in [-0.2, 0) is 4.74 Å². The lowest BCUT2D eigenvalue weighted by Gasteiger charge is -2.45. The van der Waals surface area contributed by atoms with E-state index in [0.717, 1.165) is 0 Å². The molecule has 5 nitrogen and oxygen atoms in total. The highest BCUT2D eigenvalue weighted by Gasteiger charge is 2.51. The first-order chi connectivity index (χ1) is 6.46. The Morgan fingerprint density at radius 3 is 2.36 bits per heavy atom. The van der Waals surface area contributed by atoms with Crippen LogP contribution in [0.1, 0.15) is 6.42 Å². The molecule has 84 valence electrons. The molecule has 0 radical (unpaired) electrons. The Hall–Kier alpha value is 0.530. The summed E-state index contributed by atoms with van der Waals surface area (Å²) in [5, 5.41) is 37.7. The van der Waals surface area contributed by atoms with Crippen LogP contribution in [0.2, 0.25) is 0 Å². The molecule has 1 aliphatic carbocycles. The molecule has 0 aromatic heterocycles. The zero-order chi connectivity index (χ0) is 10.9. The molecule has 0 bridgehead atoms. The summed E-state index contributed by atoms with van der Waals surface area (Å²) in [6.45, 7) is -0.215. The zero-order valence-corrected chi connectivity index (χ0v) is 9.96. The van der Waals surface area contributed by atoms with Gasteiger partial charge in [-0.2, -0.15) is 0 Å². The predicted octanol–water partition coefficient (Wildman–Crippen LogP) is -1.35. The minimum absolute atomic E-state index is 0.195. The van der Waals surface area contributed by atoms with Crippen LogP contribution >= 0.6 is 22.6 Å². The van der Waals surface area contributed by atoms with Gasteiger partial charge in [0.25, 0.3) is 0 Å². The summed E-state index contributed by atoms with van der Waals surface area (Å²) in [4.78, 5) is 0. The molecule has 0 aromatic carbocycles. The average Bonchev–Trinajstić information content (AvgIpc) is 2.15. The number of halogens is 1. The van der Waals surface area contributed by atoms with Crippen molar-refractivity contribution < 1.29 is 25.2 Å². The van der Waals surface area contributed by atoms with E-state index in [2.05, 4.69) is 0 Å². The van der Waals surface area contributed by atoms with E-state index in [4.69, 9.17) is 4.74 Å². The first kappa shape index (κ1) is 12.6. The molecule has 1 aliphatic rings. The Labute approximate surface area is 95.8 Å². The summed E-state index contributed by atoms with van der Waals surface area (Å²) < 4.78 is 4.29. The van der Waals surface area contributed by atoms with E-state index in [1.54, 1.807) is 0 Å². The van der Waals surface area contributed by atoms with Crippen molar-refractivity contribution in [2.75, 3.05) is 13.7 Å². The Balaban J connectivity index is 2.87. The molecule has 5 atom stereocenters. The molecule has 0 aliphatic heterocycles.